The van der Waals surface area contributed by atoms with Crippen molar-refractivity contribution in [1.82, 2.24) is 4.90 Å². The number of amides is 1. The zero-order valence-electron chi connectivity index (χ0n) is 7.81. The molecule has 74 valence electrons. The van der Waals surface area contributed by atoms with Gasteiger partial charge in [0.2, 0.25) is 5.91 Å². The van der Waals surface area contributed by atoms with Crippen LogP contribution in [-0.2, 0) is 4.79 Å². The molecule has 0 radical (unpaired) electrons. The number of aliphatic hydroxyl groups is 1. The van der Waals surface area contributed by atoms with E-state index in [2.05, 4.69) is 0 Å². The summed E-state index contributed by atoms with van der Waals surface area (Å²) in [7, 11) is 0. The first-order valence-electron chi connectivity index (χ1n) is 4.82. The molecule has 0 aromatic rings. The first-order chi connectivity index (χ1) is 6.09. The van der Waals surface area contributed by atoms with Crippen LogP contribution in [0.2, 0.25) is 0 Å². The number of rotatable bonds is 3. The third-order valence-electron chi connectivity index (χ3n) is 3.02. The van der Waals surface area contributed by atoms with E-state index >= 15 is 0 Å². The van der Waals surface area contributed by atoms with E-state index in [0.717, 1.165) is 13.0 Å². The molecule has 1 aliphatic carbocycles. The summed E-state index contributed by atoms with van der Waals surface area (Å²) in [6, 6.07) is -0.260. The number of carbonyl (C=O) groups is 1. The average molecular weight is 184 g/mol. The second-order valence-electron chi connectivity index (χ2n) is 4.27. The van der Waals surface area contributed by atoms with Gasteiger partial charge in [0.15, 0.2) is 0 Å². The number of fused-ring (bicyclic) bond motifs is 1. The van der Waals surface area contributed by atoms with Gasteiger partial charge in [-0.2, -0.15) is 0 Å². The summed E-state index contributed by atoms with van der Waals surface area (Å²) >= 11 is 0. The molecule has 4 heteroatoms. The van der Waals surface area contributed by atoms with Gasteiger partial charge in [-0.05, 0) is 19.3 Å². The van der Waals surface area contributed by atoms with Crippen molar-refractivity contribution in [3.63, 3.8) is 0 Å². The Hall–Kier alpha value is -0.610. The molecule has 4 unspecified atom stereocenters. The highest BCUT2D eigenvalue weighted by atomic mass is 16.3. The second-order valence-corrected chi connectivity index (χ2v) is 4.27. The number of hydrogen-bond donors (Lipinski definition) is 2. The first-order valence-corrected chi connectivity index (χ1v) is 4.82. The zero-order chi connectivity index (χ0) is 9.59. The fraction of sp³-hybridized carbons (Fsp3) is 0.889. The van der Waals surface area contributed by atoms with Crippen LogP contribution in [0.25, 0.3) is 0 Å². The molecule has 13 heavy (non-hydrogen) atoms. The molecule has 2 rings (SSSR count). The first kappa shape index (κ1) is 8.97. The summed E-state index contributed by atoms with van der Waals surface area (Å²) in [5.41, 5.74) is 5.52. The van der Waals surface area contributed by atoms with Crippen LogP contribution in [0.3, 0.4) is 0 Å². The minimum Gasteiger partial charge on any atom is -0.390 e. The van der Waals surface area contributed by atoms with Gasteiger partial charge in [-0.1, -0.05) is 0 Å². The molecule has 2 fully saturated rings. The maximum Gasteiger partial charge on any atom is 0.226 e. The number of β-amino-alcohol motifs (C(OH)–C–C–N with tert-alkyl or cyclic N) is 1. The largest absolute Gasteiger partial charge is 0.390 e. The maximum absolute atomic E-state index is 11.5. The molecular weight excluding hydrogens is 168 g/mol. The Kier molecular flexibility index (Phi) is 2.04. The standard InChI is InChI=1S/C9H16N2O2/c1-5(10)8(12)4-11-3-6-2-7(6)9(11)13/h5-8,12H,2-4,10H2,1H3. The molecule has 1 heterocycles. The summed E-state index contributed by atoms with van der Waals surface area (Å²) in [5.74, 6) is 1.07. The predicted molar refractivity (Wildman–Crippen MR) is 47.8 cm³/mol. The van der Waals surface area contributed by atoms with Gasteiger partial charge in [-0.15, -0.1) is 0 Å². The normalized spacial score (nSPS) is 35.9. The van der Waals surface area contributed by atoms with Crippen molar-refractivity contribution in [3.8, 4) is 0 Å². The van der Waals surface area contributed by atoms with Gasteiger partial charge in [0.1, 0.15) is 0 Å². The molecule has 4 nitrogen and oxygen atoms in total. The number of carbonyl (C=O) groups excluding carboxylic acids is 1. The molecule has 1 amide bonds. The van der Waals surface area contributed by atoms with E-state index < -0.39 is 6.10 Å². The number of nitrogens with two attached hydrogens (primary N) is 1. The van der Waals surface area contributed by atoms with Crippen molar-refractivity contribution in [2.75, 3.05) is 13.1 Å². The lowest BCUT2D eigenvalue weighted by molar-refractivity contribution is -0.131. The van der Waals surface area contributed by atoms with Crippen LogP contribution in [0.15, 0.2) is 0 Å². The minimum atomic E-state index is -0.582. The Labute approximate surface area is 77.7 Å². The highest BCUT2D eigenvalue weighted by Crippen LogP contribution is 2.45. The quantitative estimate of drug-likeness (QED) is 0.602. The Morgan fingerprint density at radius 1 is 1.77 bits per heavy atom. The molecule has 0 aromatic heterocycles. The van der Waals surface area contributed by atoms with Gasteiger partial charge in [-0.25, -0.2) is 0 Å². The van der Waals surface area contributed by atoms with Crippen LogP contribution in [0, 0.1) is 11.8 Å². The summed E-state index contributed by atoms with van der Waals surface area (Å²) in [6.07, 6.45) is 0.477. The Bertz CT molecular complexity index is 230. The van der Waals surface area contributed by atoms with E-state index in [1.54, 1.807) is 11.8 Å². The van der Waals surface area contributed by atoms with Crippen LogP contribution in [-0.4, -0.2) is 41.1 Å². The van der Waals surface area contributed by atoms with Crippen LogP contribution >= 0.6 is 0 Å². The van der Waals surface area contributed by atoms with Crippen molar-refractivity contribution in [2.24, 2.45) is 17.6 Å². The molecule has 1 saturated carbocycles. The molecule has 3 N–H and O–H groups in total. The summed E-state index contributed by atoms with van der Waals surface area (Å²) in [6.45, 7) is 2.99. The van der Waals surface area contributed by atoms with E-state index in [1.165, 1.54) is 0 Å². The van der Waals surface area contributed by atoms with E-state index in [4.69, 9.17) is 5.73 Å². The SMILES string of the molecule is CC(N)C(O)CN1CC2CC2C1=O. The van der Waals surface area contributed by atoms with E-state index in [9.17, 15) is 9.90 Å². The molecule has 0 aromatic carbocycles. The zero-order valence-corrected chi connectivity index (χ0v) is 7.81. The van der Waals surface area contributed by atoms with Crippen molar-refractivity contribution in [2.45, 2.75) is 25.5 Å². The fourth-order valence-electron chi connectivity index (χ4n) is 1.92. The van der Waals surface area contributed by atoms with Crippen LogP contribution in [0.4, 0.5) is 0 Å². The summed E-state index contributed by atoms with van der Waals surface area (Å²) in [5, 5.41) is 9.49. The lowest BCUT2D eigenvalue weighted by Crippen LogP contribution is -2.43. The molecule has 1 aliphatic heterocycles. The highest BCUT2D eigenvalue weighted by Gasteiger charge is 2.52. The molecule has 2 aliphatic rings. The molecule has 0 spiro atoms. The van der Waals surface area contributed by atoms with Gasteiger partial charge < -0.3 is 15.7 Å². The third kappa shape index (κ3) is 1.56. The molecule has 1 saturated heterocycles. The second kappa shape index (κ2) is 2.96. The van der Waals surface area contributed by atoms with E-state index in [1.807, 2.05) is 0 Å². The van der Waals surface area contributed by atoms with Crippen LogP contribution in [0.5, 0.6) is 0 Å². The maximum atomic E-state index is 11.5. The highest BCUT2D eigenvalue weighted by molar-refractivity contribution is 5.84. The molecule has 4 atom stereocenters. The number of hydrogen-bond acceptors (Lipinski definition) is 3. The van der Waals surface area contributed by atoms with Crippen molar-refractivity contribution in [1.29, 1.82) is 0 Å². The number of nitrogens with zero attached hydrogens (tertiary/aromatic N) is 1. The summed E-state index contributed by atoms with van der Waals surface area (Å²) < 4.78 is 0. The third-order valence-corrected chi connectivity index (χ3v) is 3.02. The Morgan fingerprint density at radius 3 is 2.92 bits per heavy atom. The minimum absolute atomic E-state index is 0.213. The van der Waals surface area contributed by atoms with Gasteiger partial charge >= 0.3 is 0 Å². The number of aliphatic hydroxyl groups excluding tert-OH is 1. The van der Waals surface area contributed by atoms with Crippen molar-refractivity contribution < 1.29 is 9.90 Å². The van der Waals surface area contributed by atoms with Gasteiger partial charge in [-0.3, -0.25) is 4.79 Å². The van der Waals surface area contributed by atoms with Crippen molar-refractivity contribution in [3.05, 3.63) is 0 Å². The van der Waals surface area contributed by atoms with Gasteiger partial charge in [0.25, 0.3) is 0 Å². The number of piperidine rings is 1. The Morgan fingerprint density at radius 2 is 2.46 bits per heavy atom. The van der Waals surface area contributed by atoms with Crippen molar-refractivity contribution >= 4 is 5.91 Å². The molecular formula is C9H16N2O2. The topological polar surface area (TPSA) is 66.6 Å². The summed E-state index contributed by atoms with van der Waals surface area (Å²) in [4.78, 5) is 13.2. The van der Waals surface area contributed by atoms with Crippen LogP contribution in [0.1, 0.15) is 13.3 Å². The van der Waals surface area contributed by atoms with E-state index in [-0.39, 0.29) is 17.9 Å². The monoisotopic (exact) mass is 184 g/mol. The van der Waals surface area contributed by atoms with E-state index in [0.29, 0.717) is 12.5 Å². The predicted octanol–water partition coefficient (Wildman–Crippen LogP) is -0.827. The number of likely N-dealkylation sites (tertiary alicyclic amines) is 1. The fourth-order valence-corrected chi connectivity index (χ4v) is 1.92. The van der Waals surface area contributed by atoms with Crippen LogP contribution < -0.4 is 5.73 Å². The average Bonchev–Trinajstić information content (AvgIpc) is 2.75. The van der Waals surface area contributed by atoms with Gasteiger partial charge in [0.05, 0.1) is 6.10 Å². The van der Waals surface area contributed by atoms with Gasteiger partial charge in [0, 0.05) is 25.0 Å². The lowest BCUT2D eigenvalue weighted by atomic mass is 10.2. The smallest absolute Gasteiger partial charge is 0.226 e. The lowest BCUT2D eigenvalue weighted by Gasteiger charge is -2.23. The Balaban J connectivity index is 1.86. The molecule has 0 bridgehead atoms.